The van der Waals surface area contributed by atoms with Gasteiger partial charge in [-0.3, -0.25) is 37.3 Å². The molecular weight excluding hydrogens is 1230 g/mol. The summed E-state index contributed by atoms with van der Waals surface area (Å²) in [5.74, 6) is 0.946. The van der Waals surface area contributed by atoms with Gasteiger partial charge in [-0.1, -0.05) is 325 Å². The van der Waals surface area contributed by atoms with Gasteiger partial charge in [0.2, 0.25) is 0 Å². The summed E-state index contributed by atoms with van der Waals surface area (Å²) >= 11 is 0. The van der Waals surface area contributed by atoms with Crippen molar-refractivity contribution in [3.05, 3.63) is 0 Å². The Morgan fingerprint density at radius 3 is 0.755 bits per heavy atom. The maximum atomic E-state index is 13.1. The van der Waals surface area contributed by atoms with Crippen molar-refractivity contribution in [2.45, 2.75) is 395 Å². The van der Waals surface area contributed by atoms with Crippen molar-refractivity contribution in [1.82, 2.24) is 0 Å². The number of rotatable bonds is 72. The van der Waals surface area contributed by atoms with Crippen LogP contribution < -0.4 is 0 Å². The lowest BCUT2D eigenvalue weighted by Gasteiger charge is -2.21. The van der Waals surface area contributed by atoms with Crippen molar-refractivity contribution in [2.75, 3.05) is 39.6 Å². The number of unbranched alkanes of at least 4 members (excludes halogenated alkanes) is 36. The summed E-state index contributed by atoms with van der Waals surface area (Å²) in [7, 11) is -9.91. The Bertz CT molecular complexity index is 1850. The molecular formula is C75H146O17P2. The number of carbonyl (C=O) groups is 4. The molecule has 0 aromatic carbocycles. The molecule has 0 aliphatic rings. The first-order valence-corrected chi connectivity index (χ1v) is 41.8. The molecule has 0 saturated heterocycles. The predicted octanol–water partition coefficient (Wildman–Crippen LogP) is 21.7. The Hall–Kier alpha value is -1.94. The van der Waals surface area contributed by atoms with Crippen LogP contribution in [0.4, 0.5) is 0 Å². The summed E-state index contributed by atoms with van der Waals surface area (Å²) in [6.45, 7) is 14.2. The van der Waals surface area contributed by atoms with Gasteiger partial charge in [-0.25, -0.2) is 9.13 Å². The van der Waals surface area contributed by atoms with Gasteiger partial charge in [0.1, 0.15) is 19.3 Å². The highest BCUT2D eigenvalue weighted by Gasteiger charge is 2.30. The van der Waals surface area contributed by atoms with Crippen LogP contribution in [0.3, 0.4) is 0 Å². The van der Waals surface area contributed by atoms with E-state index in [2.05, 4.69) is 55.4 Å². The fraction of sp³-hybridized carbons (Fsp3) is 0.947. The van der Waals surface area contributed by atoms with Gasteiger partial charge in [0.15, 0.2) is 12.2 Å². The number of carbonyl (C=O) groups excluding carboxylic acids is 4. The zero-order chi connectivity index (χ0) is 69.6. The molecule has 0 spiro atoms. The van der Waals surface area contributed by atoms with E-state index in [0.29, 0.717) is 25.7 Å². The molecule has 19 heteroatoms. The number of phosphoric acid groups is 2. The standard InChI is InChI=1S/C75H146O17P2/c1-9-67(7)53-45-37-29-25-26-30-39-47-55-72(77)85-61-70(91-74(79)57-49-41-31-23-18-16-14-12-11-13-15-17-21-27-35-43-51-65(3)4)63-89-93(81,82)87-59-69(76)60-88-94(83,84)90-64-71(62-86-73(78)56-48-40-34-33-38-46-54-68(8)10-2)92-75(80)58-50-42-32-24-20-19-22-28-36-44-52-66(5)6/h65-71,76H,9-64H2,1-8H3,(H,81,82)(H,83,84)/t67?,68?,69-,70-,71-/m1/s1. The van der Waals surface area contributed by atoms with E-state index in [1.807, 2.05) is 0 Å². The minimum Gasteiger partial charge on any atom is -0.462 e. The van der Waals surface area contributed by atoms with Crippen molar-refractivity contribution in [1.29, 1.82) is 0 Å². The van der Waals surface area contributed by atoms with E-state index in [0.717, 1.165) is 120 Å². The molecule has 0 saturated carbocycles. The molecule has 0 aromatic rings. The fourth-order valence-electron chi connectivity index (χ4n) is 11.3. The van der Waals surface area contributed by atoms with Crippen molar-refractivity contribution in [3.63, 3.8) is 0 Å². The van der Waals surface area contributed by atoms with E-state index in [-0.39, 0.29) is 25.7 Å². The summed E-state index contributed by atoms with van der Waals surface area (Å²) in [6, 6.07) is 0. The highest BCUT2D eigenvalue weighted by molar-refractivity contribution is 7.47. The molecule has 3 N–H and O–H groups in total. The molecule has 17 nitrogen and oxygen atoms in total. The molecule has 0 amide bonds. The third-order valence-corrected chi connectivity index (χ3v) is 19.9. The second-order valence-electron chi connectivity index (χ2n) is 28.5. The number of phosphoric ester groups is 2. The zero-order valence-corrected chi connectivity index (χ0v) is 63.4. The number of aliphatic hydroxyl groups is 1. The van der Waals surface area contributed by atoms with Gasteiger partial charge in [-0.05, 0) is 49.4 Å². The van der Waals surface area contributed by atoms with Crippen LogP contribution in [-0.2, 0) is 65.4 Å². The van der Waals surface area contributed by atoms with Crippen molar-refractivity contribution >= 4 is 39.5 Å². The average molecular weight is 1380 g/mol. The van der Waals surface area contributed by atoms with Crippen LogP contribution in [-0.4, -0.2) is 96.7 Å². The fourth-order valence-corrected chi connectivity index (χ4v) is 12.9. The number of esters is 4. The maximum Gasteiger partial charge on any atom is 0.472 e. The van der Waals surface area contributed by atoms with Crippen LogP contribution in [0.25, 0.3) is 0 Å². The Balaban J connectivity index is 5.24. The molecule has 558 valence electrons. The molecule has 0 radical (unpaired) electrons. The van der Waals surface area contributed by atoms with Crippen molar-refractivity contribution in [2.24, 2.45) is 23.7 Å². The van der Waals surface area contributed by atoms with Crippen LogP contribution in [0.2, 0.25) is 0 Å². The van der Waals surface area contributed by atoms with E-state index in [9.17, 15) is 43.2 Å². The van der Waals surface area contributed by atoms with E-state index in [4.69, 9.17) is 37.0 Å². The Morgan fingerprint density at radius 2 is 0.511 bits per heavy atom. The van der Waals surface area contributed by atoms with Crippen molar-refractivity contribution < 1.29 is 80.2 Å². The molecule has 0 fully saturated rings. The zero-order valence-electron chi connectivity index (χ0n) is 61.6. The minimum absolute atomic E-state index is 0.105. The van der Waals surface area contributed by atoms with E-state index >= 15 is 0 Å². The summed E-state index contributed by atoms with van der Waals surface area (Å²) in [4.78, 5) is 72.8. The molecule has 0 bridgehead atoms. The topological polar surface area (TPSA) is 237 Å². The van der Waals surface area contributed by atoms with Gasteiger partial charge in [0.05, 0.1) is 26.4 Å². The van der Waals surface area contributed by atoms with Gasteiger partial charge in [-0.2, -0.15) is 0 Å². The first kappa shape index (κ1) is 92.1. The van der Waals surface area contributed by atoms with Gasteiger partial charge in [0.25, 0.3) is 0 Å². The number of hydrogen-bond acceptors (Lipinski definition) is 15. The number of hydrogen-bond donors (Lipinski definition) is 3. The lowest BCUT2D eigenvalue weighted by Crippen LogP contribution is -2.30. The SMILES string of the molecule is CCC(C)CCCCCCCCCCC(=O)OC[C@H](COP(=O)(O)OC[C@@H](O)COP(=O)(O)OC[C@@H](COC(=O)CCCCCCCCC(C)CC)OC(=O)CCCCCCCCCCCCC(C)C)OC(=O)CCCCCCCCCCCCCCCCCCC(C)C. The largest absolute Gasteiger partial charge is 0.472 e. The minimum atomic E-state index is -4.96. The van der Waals surface area contributed by atoms with Gasteiger partial charge in [-0.15, -0.1) is 0 Å². The van der Waals surface area contributed by atoms with E-state index < -0.39 is 97.5 Å². The van der Waals surface area contributed by atoms with Crippen LogP contribution >= 0.6 is 15.6 Å². The lowest BCUT2D eigenvalue weighted by molar-refractivity contribution is -0.161. The first-order valence-electron chi connectivity index (χ1n) is 38.8. The second kappa shape index (κ2) is 64.4. The monoisotopic (exact) mass is 1380 g/mol. The van der Waals surface area contributed by atoms with Gasteiger partial charge < -0.3 is 33.8 Å². The Labute approximate surface area is 575 Å². The Kier molecular flexibility index (Phi) is 63.1. The normalized spacial score (nSPS) is 14.7. The molecule has 94 heavy (non-hydrogen) atoms. The third kappa shape index (κ3) is 66.0. The van der Waals surface area contributed by atoms with Crippen LogP contribution in [0, 0.1) is 23.7 Å². The third-order valence-electron chi connectivity index (χ3n) is 18.0. The molecule has 0 aliphatic carbocycles. The van der Waals surface area contributed by atoms with E-state index in [1.165, 1.54) is 173 Å². The summed E-state index contributed by atoms with van der Waals surface area (Å²) in [5.41, 5.74) is 0. The first-order chi connectivity index (χ1) is 45.2. The molecule has 7 atom stereocenters. The maximum absolute atomic E-state index is 13.1. The van der Waals surface area contributed by atoms with Gasteiger partial charge >= 0.3 is 39.5 Å². The van der Waals surface area contributed by atoms with Crippen molar-refractivity contribution in [3.8, 4) is 0 Å². The molecule has 4 unspecified atom stereocenters. The van der Waals surface area contributed by atoms with Crippen LogP contribution in [0.1, 0.15) is 376 Å². The predicted molar refractivity (Wildman–Crippen MR) is 381 cm³/mol. The Morgan fingerprint density at radius 1 is 0.298 bits per heavy atom. The molecule has 0 aromatic heterocycles. The quantitative estimate of drug-likeness (QED) is 0.0222. The van der Waals surface area contributed by atoms with Crippen LogP contribution in [0.15, 0.2) is 0 Å². The summed E-state index contributed by atoms with van der Waals surface area (Å²) in [5, 5.41) is 10.6. The van der Waals surface area contributed by atoms with E-state index in [1.54, 1.807) is 0 Å². The average Bonchev–Trinajstić information content (AvgIpc) is 1.21. The van der Waals surface area contributed by atoms with Crippen LogP contribution in [0.5, 0.6) is 0 Å². The molecule has 0 aliphatic heterocycles. The summed E-state index contributed by atoms with van der Waals surface area (Å²) in [6.07, 6.45) is 48.6. The second-order valence-corrected chi connectivity index (χ2v) is 31.4. The lowest BCUT2D eigenvalue weighted by atomic mass is 9.99. The smallest absolute Gasteiger partial charge is 0.462 e. The summed E-state index contributed by atoms with van der Waals surface area (Å²) < 4.78 is 68.5. The number of aliphatic hydroxyl groups excluding tert-OH is 1. The highest BCUT2D eigenvalue weighted by atomic mass is 31.2. The highest BCUT2D eigenvalue weighted by Crippen LogP contribution is 2.45. The molecule has 0 heterocycles. The molecule has 0 rings (SSSR count). The van der Waals surface area contributed by atoms with Gasteiger partial charge in [0, 0.05) is 25.7 Å². The number of ether oxygens (including phenoxy) is 4.